The number of halogens is 1. The summed E-state index contributed by atoms with van der Waals surface area (Å²) in [6.07, 6.45) is 1.44. The third kappa shape index (κ3) is 5.20. The second kappa shape index (κ2) is 10.3. The van der Waals surface area contributed by atoms with Crippen molar-refractivity contribution in [1.29, 1.82) is 0 Å². The van der Waals surface area contributed by atoms with Crippen LogP contribution in [0.15, 0.2) is 53.9 Å². The standard InChI is InChI=1S/C21H22ClN5O2S/c1-3-27(4-2)20(29)17-10-9-15(11-18(17)22)25-19(28)16-8-6-5-7-14(16)12-30-21-23-13-24-26-21/h5-11,13H,3-4,12H2,1-2H3,(H,25,28)(H,23,24,26). The predicted molar refractivity (Wildman–Crippen MR) is 119 cm³/mol. The topological polar surface area (TPSA) is 91.0 Å². The molecule has 0 saturated carbocycles. The van der Waals surface area contributed by atoms with Crippen LogP contribution in [0.5, 0.6) is 0 Å². The molecule has 0 atom stereocenters. The first-order chi connectivity index (χ1) is 14.5. The van der Waals surface area contributed by atoms with Gasteiger partial charge in [-0.1, -0.05) is 41.6 Å². The summed E-state index contributed by atoms with van der Waals surface area (Å²) in [5, 5.41) is 10.5. The molecule has 0 fully saturated rings. The molecule has 0 radical (unpaired) electrons. The second-order valence-corrected chi connectivity index (χ2v) is 7.73. The van der Waals surface area contributed by atoms with Crippen molar-refractivity contribution in [3.8, 4) is 0 Å². The van der Waals surface area contributed by atoms with Crippen LogP contribution in [0, 0.1) is 0 Å². The maximum atomic E-state index is 12.9. The number of carbonyl (C=O) groups is 2. The Morgan fingerprint density at radius 1 is 1.13 bits per heavy atom. The zero-order chi connectivity index (χ0) is 21.5. The molecule has 156 valence electrons. The van der Waals surface area contributed by atoms with Gasteiger partial charge in [-0.15, -0.1) is 0 Å². The lowest BCUT2D eigenvalue weighted by Gasteiger charge is -2.19. The van der Waals surface area contributed by atoms with Crippen LogP contribution in [-0.4, -0.2) is 45.0 Å². The number of hydrogen-bond acceptors (Lipinski definition) is 5. The fourth-order valence-electron chi connectivity index (χ4n) is 2.92. The summed E-state index contributed by atoms with van der Waals surface area (Å²) in [5.74, 6) is 0.192. The molecule has 0 saturated heterocycles. The average Bonchev–Trinajstić information content (AvgIpc) is 3.27. The maximum absolute atomic E-state index is 12.9. The van der Waals surface area contributed by atoms with Gasteiger partial charge >= 0.3 is 0 Å². The molecule has 0 bridgehead atoms. The van der Waals surface area contributed by atoms with Crippen molar-refractivity contribution in [3.63, 3.8) is 0 Å². The number of thioether (sulfide) groups is 1. The Morgan fingerprint density at radius 3 is 2.57 bits per heavy atom. The van der Waals surface area contributed by atoms with Gasteiger partial charge in [-0.25, -0.2) is 4.98 Å². The van der Waals surface area contributed by atoms with E-state index in [1.165, 1.54) is 18.1 Å². The van der Waals surface area contributed by atoms with Gasteiger partial charge in [0.1, 0.15) is 6.33 Å². The monoisotopic (exact) mass is 443 g/mol. The van der Waals surface area contributed by atoms with Gasteiger partial charge in [-0.05, 0) is 43.7 Å². The highest BCUT2D eigenvalue weighted by atomic mass is 35.5. The van der Waals surface area contributed by atoms with Crippen molar-refractivity contribution in [3.05, 3.63) is 70.5 Å². The molecular weight excluding hydrogens is 422 g/mol. The van der Waals surface area contributed by atoms with Crippen LogP contribution in [0.3, 0.4) is 0 Å². The molecule has 30 heavy (non-hydrogen) atoms. The minimum atomic E-state index is -0.248. The van der Waals surface area contributed by atoms with Crippen molar-refractivity contribution in [2.24, 2.45) is 0 Å². The Labute approximate surface area is 184 Å². The van der Waals surface area contributed by atoms with Crippen LogP contribution in [0.4, 0.5) is 5.69 Å². The highest BCUT2D eigenvalue weighted by Crippen LogP contribution is 2.25. The molecule has 2 N–H and O–H groups in total. The molecule has 9 heteroatoms. The number of aromatic nitrogens is 3. The van der Waals surface area contributed by atoms with Crippen LogP contribution < -0.4 is 5.32 Å². The third-order valence-electron chi connectivity index (χ3n) is 4.53. The number of rotatable bonds is 8. The van der Waals surface area contributed by atoms with Gasteiger partial charge in [-0.2, -0.15) is 5.10 Å². The average molecular weight is 444 g/mol. The number of nitrogens with one attached hydrogen (secondary N) is 2. The van der Waals surface area contributed by atoms with Crippen LogP contribution in [0.25, 0.3) is 0 Å². The first-order valence-electron chi connectivity index (χ1n) is 9.49. The summed E-state index contributed by atoms with van der Waals surface area (Å²) in [5.41, 5.74) is 2.38. The number of benzene rings is 2. The van der Waals surface area contributed by atoms with E-state index in [-0.39, 0.29) is 11.8 Å². The van der Waals surface area contributed by atoms with Crippen LogP contribution in [0.1, 0.15) is 40.1 Å². The van der Waals surface area contributed by atoms with Gasteiger partial charge in [0.15, 0.2) is 5.16 Å². The van der Waals surface area contributed by atoms with E-state index < -0.39 is 0 Å². The normalized spacial score (nSPS) is 10.6. The number of carbonyl (C=O) groups excluding carboxylic acids is 2. The summed E-state index contributed by atoms with van der Waals surface area (Å²) < 4.78 is 0. The number of H-pyrrole nitrogens is 1. The van der Waals surface area contributed by atoms with Gasteiger partial charge in [0, 0.05) is 30.1 Å². The molecule has 0 unspecified atom stereocenters. The Hall–Kier alpha value is -2.84. The second-order valence-electron chi connectivity index (χ2n) is 6.36. The van der Waals surface area contributed by atoms with Crippen molar-refractivity contribution < 1.29 is 9.59 Å². The highest BCUT2D eigenvalue weighted by Gasteiger charge is 2.17. The van der Waals surface area contributed by atoms with Crippen molar-refractivity contribution in [1.82, 2.24) is 20.1 Å². The van der Waals surface area contributed by atoms with Crippen LogP contribution in [0.2, 0.25) is 5.02 Å². The smallest absolute Gasteiger partial charge is 0.255 e. The predicted octanol–water partition coefficient (Wildman–Crippen LogP) is 4.48. The van der Waals surface area contributed by atoms with E-state index in [0.29, 0.717) is 45.8 Å². The molecule has 1 aromatic heterocycles. The summed E-state index contributed by atoms with van der Waals surface area (Å²) in [7, 11) is 0. The summed E-state index contributed by atoms with van der Waals surface area (Å²) in [6, 6.07) is 12.3. The van der Waals surface area contributed by atoms with Gasteiger partial charge in [0.05, 0.1) is 10.6 Å². The molecule has 3 aromatic rings. The molecule has 0 aliphatic heterocycles. The first-order valence-corrected chi connectivity index (χ1v) is 10.9. The quantitative estimate of drug-likeness (QED) is 0.500. The minimum Gasteiger partial charge on any atom is -0.339 e. The lowest BCUT2D eigenvalue weighted by Crippen LogP contribution is -2.30. The van der Waals surface area contributed by atoms with E-state index in [2.05, 4.69) is 20.5 Å². The fraction of sp³-hybridized carbons (Fsp3) is 0.238. The van der Waals surface area contributed by atoms with E-state index in [1.807, 2.05) is 32.0 Å². The van der Waals surface area contributed by atoms with Crippen molar-refractivity contribution in [2.75, 3.05) is 18.4 Å². The molecule has 3 rings (SSSR count). The van der Waals surface area contributed by atoms with Gasteiger partial charge in [-0.3, -0.25) is 14.7 Å². The summed E-state index contributed by atoms with van der Waals surface area (Å²) in [6.45, 7) is 5.05. The third-order valence-corrected chi connectivity index (χ3v) is 5.77. The van der Waals surface area contributed by atoms with Gasteiger partial charge in [0.25, 0.3) is 11.8 Å². The van der Waals surface area contributed by atoms with Crippen LogP contribution >= 0.6 is 23.4 Å². The van der Waals surface area contributed by atoms with E-state index in [9.17, 15) is 9.59 Å². The zero-order valence-electron chi connectivity index (χ0n) is 16.7. The SMILES string of the molecule is CCN(CC)C(=O)c1ccc(NC(=O)c2ccccc2CSc2ncn[nH]2)cc1Cl. The van der Waals surface area contributed by atoms with Crippen molar-refractivity contribution in [2.45, 2.75) is 24.8 Å². The lowest BCUT2D eigenvalue weighted by molar-refractivity contribution is 0.0773. The Kier molecular flexibility index (Phi) is 7.48. The molecule has 7 nitrogen and oxygen atoms in total. The van der Waals surface area contributed by atoms with E-state index >= 15 is 0 Å². The number of aromatic amines is 1. The van der Waals surface area contributed by atoms with E-state index in [4.69, 9.17) is 11.6 Å². The number of hydrogen-bond donors (Lipinski definition) is 2. The van der Waals surface area contributed by atoms with Gasteiger partial charge < -0.3 is 10.2 Å². The highest BCUT2D eigenvalue weighted by molar-refractivity contribution is 7.98. The molecule has 0 aliphatic rings. The zero-order valence-corrected chi connectivity index (χ0v) is 18.3. The number of nitrogens with zero attached hydrogens (tertiary/aromatic N) is 3. The molecule has 2 amide bonds. The summed E-state index contributed by atoms with van der Waals surface area (Å²) in [4.78, 5) is 31.2. The molecule has 1 heterocycles. The Balaban J connectivity index is 1.73. The lowest BCUT2D eigenvalue weighted by atomic mass is 10.1. The van der Waals surface area contributed by atoms with E-state index in [1.54, 1.807) is 29.2 Å². The molecule has 2 aromatic carbocycles. The maximum Gasteiger partial charge on any atom is 0.255 e. The fourth-order valence-corrected chi connectivity index (χ4v) is 3.97. The Bertz CT molecular complexity index is 1020. The molecular formula is C21H22ClN5O2S. The Morgan fingerprint density at radius 2 is 1.90 bits per heavy atom. The van der Waals surface area contributed by atoms with Gasteiger partial charge in [0.2, 0.25) is 0 Å². The van der Waals surface area contributed by atoms with Crippen molar-refractivity contribution >= 4 is 40.9 Å². The molecule has 0 spiro atoms. The minimum absolute atomic E-state index is 0.127. The largest absolute Gasteiger partial charge is 0.339 e. The number of amides is 2. The molecule has 0 aliphatic carbocycles. The summed E-state index contributed by atoms with van der Waals surface area (Å²) >= 11 is 7.79. The van der Waals surface area contributed by atoms with E-state index in [0.717, 1.165) is 5.56 Å². The first kappa shape index (κ1) is 21.9. The van der Waals surface area contributed by atoms with Crippen LogP contribution in [-0.2, 0) is 5.75 Å². The number of anilines is 1.